The van der Waals surface area contributed by atoms with Crippen molar-refractivity contribution in [2.24, 2.45) is 0 Å². The number of ether oxygens (including phenoxy) is 1. The van der Waals surface area contributed by atoms with Crippen LogP contribution in [0.25, 0.3) is 10.9 Å². The molecule has 0 bridgehead atoms. The molecule has 2 saturated heterocycles. The number of nitrogens with one attached hydrogen (secondary N) is 1. The lowest BCUT2D eigenvalue weighted by molar-refractivity contribution is -0.146. The van der Waals surface area contributed by atoms with E-state index in [2.05, 4.69) is 46.1 Å². The summed E-state index contributed by atoms with van der Waals surface area (Å²) >= 11 is 0. The van der Waals surface area contributed by atoms with Gasteiger partial charge < -0.3 is 14.6 Å². The average molecular weight is 382 g/mol. The number of carbonyl (C=O) groups excluding carboxylic acids is 1. The Morgan fingerprint density at radius 1 is 1.14 bits per heavy atom. The van der Waals surface area contributed by atoms with Crippen molar-refractivity contribution < 1.29 is 9.53 Å². The fourth-order valence-corrected chi connectivity index (χ4v) is 5.53. The second-order valence-corrected chi connectivity index (χ2v) is 8.79. The van der Waals surface area contributed by atoms with E-state index in [1.807, 2.05) is 0 Å². The topological polar surface area (TPSA) is 48.6 Å². The van der Waals surface area contributed by atoms with Crippen LogP contribution in [0.1, 0.15) is 49.8 Å². The first-order valence-electron chi connectivity index (χ1n) is 10.9. The quantitative estimate of drug-likeness (QED) is 0.823. The molecule has 1 atom stereocenters. The maximum absolute atomic E-state index is 13.2. The van der Waals surface area contributed by atoms with Crippen molar-refractivity contribution in [2.45, 2.75) is 56.6 Å². The van der Waals surface area contributed by atoms with Crippen molar-refractivity contribution in [1.29, 1.82) is 0 Å². The van der Waals surface area contributed by atoms with Crippen LogP contribution in [0.4, 0.5) is 0 Å². The SMILES string of the molecule is CN1CCCCCC1C(=O)N1CCC2(CC1)OCCc1c2[nH]c2ccccc12. The summed E-state index contributed by atoms with van der Waals surface area (Å²) in [4.78, 5) is 21.2. The predicted molar refractivity (Wildman–Crippen MR) is 110 cm³/mol. The van der Waals surface area contributed by atoms with Crippen LogP contribution in [0, 0.1) is 0 Å². The molecule has 5 heteroatoms. The summed E-state index contributed by atoms with van der Waals surface area (Å²) in [6.07, 6.45) is 7.36. The summed E-state index contributed by atoms with van der Waals surface area (Å²) in [7, 11) is 2.11. The number of aromatic nitrogens is 1. The average Bonchev–Trinajstić information content (AvgIpc) is 2.98. The van der Waals surface area contributed by atoms with E-state index in [9.17, 15) is 4.79 Å². The molecule has 150 valence electrons. The zero-order chi connectivity index (χ0) is 19.1. The molecule has 2 fully saturated rings. The number of nitrogens with zero attached hydrogens (tertiary/aromatic N) is 2. The fraction of sp³-hybridized carbons (Fsp3) is 0.609. The summed E-state index contributed by atoms with van der Waals surface area (Å²) in [5, 5.41) is 1.33. The maximum Gasteiger partial charge on any atom is 0.239 e. The Labute approximate surface area is 167 Å². The lowest BCUT2D eigenvalue weighted by Gasteiger charge is -2.44. The Morgan fingerprint density at radius 3 is 2.82 bits per heavy atom. The van der Waals surface area contributed by atoms with E-state index in [-0.39, 0.29) is 11.6 Å². The Hall–Kier alpha value is -1.85. The Bertz CT molecular complexity index is 866. The monoisotopic (exact) mass is 381 g/mol. The van der Waals surface area contributed by atoms with Crippen molar-refractivity contribution in [3.63, 3.8) is 0 Å². The number of H-pyrrole nitrogens is 1. The molecule has 1 amide bonds. The summed E-state index contributed by atoms with van der Waals surface area (Å²) in [5.74, 6) is 0.326. The molecule has 1 aromatic carbocycles. The number of likely N-dealkylation sites (N-methyl/N-ethyl adjacent to an activating group) is 1. The number of piperidine rings is 1. The zero-order valence-corrected chi connectivity index (χ0v) is 16.9. The van der Waals surface area contributed by atoms with Gasteiger partial charge in [0.05, 0.1) is 18.3 Å². The standard InChI is InChI=1S/C23H31N3O2/c1-25-13-6-2-3-9-20(25)22(27)26-14-11-23(12-15-26)21-18(10-16-28-23)17-7-4-5-8-19(17)24-21/h4-5,7-8,20,24H,2-3,6,9-16H2,1H3. The summed E-state index contributed by atoms with van der Waals surface area (Å²) < 4.78 is 6.40. The number of amides is 1. The number of hydrogen-bond donors (Lipinski definition) is 1. The van der Waals surface area contributed by atoms with Crippen LogP contribution in [0.2, 0.25) is 0 Å². The number of aromatic amines is 1. The molecular formula is C23H31N3O2. The molecule has 0 aliphatic carbocycles. The molecule has 3 aliphatic rings. The molecule has 2 aromatic rings. The minimum absolute atomic E-state index is 0.0625. The normalized spacial score (nSPS) is 25.6. The minimum Gasteiger partial charge on any atom is -0.368 e. The highest BCUT2D eigenvalue weighted by Gasteiger charge is 2.44. The number of benzene rings is 1. The molecule has 28 heavy (non-hydrogen) atoms. The first-order valence-corrected chi connectivity index (χ1v) is 10.9. The summed E-state index contributed by atoms with van der Waals surface area (Å²) in [6, 6.07) is 8.63. The van der Waals surface area contributed by atoms with Gasteiger partial charge in [-0.25, -0.2) is 0 Å². The van der Waals surface area contributed by atoms with Crippen LogP contribution in [-0.4, -0.2) is 60.0 Å². The molecule has 0 saturated carbocycles. The second-order valence-electron chi connectivity index (χ2n) is 8.79. The van der Waals surface area contributed by atoms with Gasteiger partial charge in [0.25, 0.3) is 0 Å². The molecule has 1 aromatic heterocycles. The first kappa shape index (κ1) is 18.2. The van der Waals surface area contributed by atoms with E-state index in [1.54, 1.807) is 0 Å². The lowest BCUT2D eigenvalue weighted by atomic mass is 9.83. The Balaban J connectivity index is 1.35. The fourth-order valence-electron chi connectivity index (χ4n) is 5.53. The third-order valence-corrected chi connectivity index (χ3v) is 7.19. The van der Waals surface area contributed by atoms with E-state index in [4.69, 9.17) is 4.74 Å². The van der Waals surface area contributed by atoms with Crippen LogP contribution in [-0.2, 0) is 21.6 Å². The van der Waals surface area contributed by atoms with Crippen LogP contribution >= 0.6 is 0 Å². The van der Waals surface area contributed by atoms with Crippen LogP contribution in [0.15, 0.2) is 24.3 Å². The first-order chi connectivity index (χ1) is 13.7. The number of likely N-dealkylation sites (tertiary alicyclic amines) is 2. The molecule has 0 radical (unpaired) electrons. The van der Waals surface area contributed by atoms with Crippen molar-refractivity contribution in [3.8, 4) is 0 Å². The molecule has 1 spiro atoms. The van der Waals surface area contributed by atoms with Crippen LogP contribution in [0.3, 0.4) is 0 Å². The summed E-state index contributed by atoms with van der Waals surface area (Å²) in [5.41, 5.74) is 3.64. The van der Waals surface area contributed by atoms with E-state index in [1.165, 1.54) is 41.4 Å². The van der Waals surface area contributed by atoms with Crippen molar-refractivity contribution >= 4 is 16.8 Å². The Kier molecular flexibility index (Phi) is 4.68. The van der Waals surface area contributed by atoms with Gasteiger partial charge in [-0.1, -0.05) is 31.0 Å². The smallest absolute Gasteiger partial charge is 0.239 e. The van der Waals surface area contributed by atoms with Gasteiger partial charge in [-0.05, 0) is 57.3 Å². The third-order valence-electron chi connectivity index (χ3n) is 7.19. The van der Waals surface area contributed by atoms with Gasteiger partial charge in [0.2, 0.25) is 5.91 Å². The largest absolute Gasteiger partial charge is 0.368 e. The molecule has 1 N–H and O–H groups in total. The van der Waals surface area contributed by atoms with Gasteiger partial charge in [0, 0.05) is 24.0 Å². The number of para-hydroxylation sites is 1. The highest BCUT2D eigenvalue weighted by molar-refractivity contribution is 5.85. The Morgan fingerprint density at radius 2 is 1.96 bits per heavy atom. The van der Waals surface area contributed by atoms with Gasteiger partial charge in [0.15, 0.2) is 0 Å². The minimum atomic E-state index is -0.251. The van der Waals surface area contributed by atoms with Crippen molar-refractivity contribution in [2.75, 3.05) is 33.3 Å². The molecule has 5 rings (SSSR count). The van der Waals surface area contributed by atoms with Gasteiger partial charge in [0.1, 0.15) is 5.60 Å². The maximum atomic E-state index is 13.2. The van der Waals surface area contributed by atoms with E-state index < -0.39 is 0 Å². The highest BCUT2D eigenvalue weighted by atomic mass is 16.5. The van der Waals surface area contributed by atoms with Gasteiger partial charge in [-0.15, -0.1) is 0 Å². The molecule has 1 unspecified atom stereocenters. The number of rotatable bonds is 1. The van der Waals surface area contributed by atoms with Crippen molar-refractivity contribution in [1.82, 2.24) is 14.8 Å². The third kappa shape index (κ3) is 2.96. The van der Waals surface area contributed by atoms with Gasteiger partial charge >= 0.3 is 0 Å². The molecular weight excluding hydrogens is 350 g/mol. The molecule has 3 aliphatic heterocycles. The van der Waals surface area contributed by atoms with Gasteiger partial charge in [-0.2, -0.15) is 0 Å². The molecule has 4 heterocycles. The molecule has 5 nitrogen and oxygen atoms in total. The zero-order valence-electron chi connectivity index (χ0n) is 16.9. The predicted octanol–water partition coefficient (Wildman–Crippen LogP) is 3.43. The van der Waals surface area contributed by atoms with Gasteiger partial charge in [-0.3, -0.25) is 9.69 Å². The highest BCUT2D eigenvalue weighted by Crippen LogP contribution is 2.43. The van der Waals surface area contributed by atoms with E-state index >= 15 is 0 Å². The van der Waals surface area contributed by atoms with Crippen LogP contribution in [0.5, 0.6) is 0 Å². The summed E-state index contributed by atoms with van der Waals surface area (Å²) in [6.45, 7) is 3.39. The van der Waals surface area contributed by atoms with Crippen molar-refractivity contribution in [3.05, 3.63) is 35.5 Å². The number of hydrogen-bond acceptors (Lipinski definition) is 3. The van der Waals surface area contributed by atoms with E-state index in [0.717, 1.165) is 51.9 Å². The second kappa shape index (κ2) is 7.20. The number of fused-ring (bicyclic) bond motifs is 4. The van der Waals surface area contributed by atoms with E-state index in [0.29, 0.717) is 5.91 Å². The van der Waals surface area contributed by atoms with Crippen LogP contribution < -0.4 is 0 Å². The number of carbonyl (C=O) groups is 1. The lowest BCUT2D eigenvalue weighted by Crippen LogP contribution is -2.53.